The Kier molecular flexibility index (Phi) is 13.7. The smallest absolute Gasteiger partial charge is 0.243 e. The van der Waals surface area contributed by atoms with Gasteiger partial charge < -0.3 is 10.4 Å². The molecule has 0 unspecified atom stereocenters. The van der Waals surface area contributed by atoms with Crippen LogP contribution in [0.1, 0.15) is 71.3 Å². The largest absolute Gasteiger partial charge is 0.508 e. The fraction of sp³-hybridized carbons (Fsp3) is 0.571. The quantitative estimate of drug-likeness (QED) is 0.446. The van der Waals surface area contributed by atoms with E-state index in [1.165, 1.54) is 51.0 Å². The van der Waals surface area contributed by atoms with E-state index in [0.29, 0.717) is 5.75 Å². The maximum Gasteiger partial charge on any atom is 0.243 e. The Hall–Kier alpha value is -1.77. The van der Waals surface area contributed by atoms with Crippen molar-refractivity contribution in [3.8, 4) is 5.75 Å². The third kappa shape index (κ3) is 12.7. The van der Waals surface area contributed by atoms with E-state index in [1.54, 1.807) is 6.07 Å². The minimum atomic E-state index is -0.111. The molecule has 0 aliphatic rings. The first-order chi connectivity index (χ1) is 11.5. The van der Waals surface area contributed by atoms with Crippen molar-refractivity contribution in [1.82, 2.24) is 5.32 Å². The first-order valence-corrected chi connectivity index (χ1v) is 9.21. The maximum atomic E-state index is 10.4. The molecule has 0 aliphatic heterocycles. The van der Waals surface area contributed by atoms with Gasteiger partial charge in [0.05, 0.1) is 0 Å². The Balaban J connectivity index is 0.000000561. The fourth-order valence-corrected chi connectivity index (χ4v) is 2.34. The lowest BCUT2D eigenvalue weighted by Gasteiger charge is -2.04. The predicted molar refractivity (Wildman–Crippen MR) is 103 cm³/mol. The Morgan fingerprint density at radius 1 is 1.12 bits per heavy atom. The number of aryl methyl sites for hydroxylation is 1. The summed E-state index contributed by atoms with van der Waals surface area (Å²) in [6.45, 7) is 9.36. The second-order valence-corrected chi connectivity index (χ2v) is 6.37. The summed E-state index contributed by atoms with van der Waals surface area (Å²) >= 11 is 0. The van der Waals surface area contributed by atoms with Crippen LogP contribution in [-0.4, -0.2) is 17.1 Å². The zero-order valence-corrected chi connectivity index (χ0v) is 15.7. The van der Waals surface area contributed by atoms with Gasteiger partial charge in [-0.05, 0) is 44.4 Å². The molecular formula is C21H35NO2. The van der Waals surface area contributed by atoms with Crippen molar-refractivity contribution in [3.05, 3.63) is 42.5 Å². The zero-order chi connectivity index (χ0) is 18.2. The van der Waals surface area contributed by atoms with Crippen molar-refractivity contribution in [3.63, 3.8) is 0 Å². The van der Waals surface area contributed by atoms with Gasteiger partial charge in [-0.1, -0.05) is 70.2 Å². The number of unbranched alkanes of at least 4 members (excludes halogenated alkanes) is 6. The van der Waals surface area contributed by atoms with E-state index in [-0.39, 0.29) is 11.9 Å². The van der Waals surface area contributed by atoms with Gasteiger partial charge in [-0.15, -0.1) is 0 Å². The van der Waals surface area contributed by atoms with Gasteiger partial charge in [0.2, 0.25) is 5.91 Å². The molecule has 0 radical (unpaired) electrons. The van der Waals surface area contributed by atoms with E-state index in [2.05, 4.69) is 18.8 Å². The minimum absolute atomic E-state index is 0.111. The number of carbonyl (C=O) groups is 1. The van der Waals surface area contributed by atoms with Crippen LogP contribution in [-0.2, 0) is 11.2 Å². The highest BCUT2D eigenvalue weighted by atomic mass is 16.3. The highest BCUT2D eigenvalue weighted by Gasteiger charge is 1.98. The monoisotopic (exact) mass is 333 g/mol. The number of hydrogen-bond acceptors (Lipinski definition) is 2. The highest BCUT2D eigenvalue weighted by Crippen LogP contribution is 2.18. The van der Waals surface area contributed by atoms with Crippen LogP contribution in [0.25, 0.3) is 0 Å². The summed E-state index contributed by atoms with van der Waals surface area (Å²) in [5, 5.41) is 12.2. The number of hydrogen-bond donors (Lipinski definition) is 2. The summed E-state index contributed by atoms with van der Waals surface area (Å²) in [7, 11) is 0. The number of phenols is 1. The molecule has 136 valence electrons. The molecule has 0 atom stereocenters. The molecule has 3 nitrogen and oxygen atoms in total. The number of benzene rings is 1. The summed E-state index contributed by atoms with van der Waals surface area (Å²) in [5.74, 6) is 0.341. The molecule has 1 rings (SSSR count). The second-order valence-electron chi connectivity index (χ2n) is 6.37. The molecule has 0 heterocycles. The third-order valence-electron chi connectivity index (χ3n) is 3.66. The topological polar surface area (TPSA) is 49.3 Å². The van der Waals surface area contributed by atoms with Crippen molar-refractivity contribution in [2.75, 3.05) is 0 Å². The molecule has 0 fully saturated rings. The molecule has 0 spiro atoms. The standard InChI is InChI=1S/C15H24O.C6H11NO/c1-2-3-4-5-6-7-8-11-14-12-9-10-13-15(14)16;1-4-6(8)7-5(2)3/h9-10,12-13,16H,2-8,11H2,1H3;4-5H,1H2,2-3H3,(H,7,8). The molecule has 3 heteroatoms. The van der Waals surface area contributed by atoms with Crippen molar-refractivity contribution in [2.24, 2.45) is 0 Å². The van der Waals surface area contributed by atoms with Crippen LogP contribution >= 0.6 is 0 Å². The highest BCUT2D eigenvalue weighted by molar-refractivity contribution is 5.86. The normalized spacial score (nSPS) is 10.0. The van der Waals surface area contributed by atoms with Crippen LogP contribution in [0, 0.1) is 0 Å². The van der Waals surface area contributed by atoms with Gasteiger partial charge in [0.1, 0.15) is 5.75 Å². The van der Waals surface area contributed by atoms with E-state index in [0.717, 1.165) is 12.0 Å². The van der Waals surface area contributed by atoms with Gasteiger partial charge >= 0.3 is 0 Å². The lowest BCUT2D eigenvalue weighted by molar-refractivity contribution is -0.116. The van der Waals surface area contributed by atoms with Crippen LogP contribution in [0.2, 0.25) is 0 Å². The number of para-hydroxylation sites is 1. The molecule has 0 aliphatic carbocycles. The summed E-state index contributed by atoms with van der Waals surface area (Å²) < 4.78 is 0. The molecular weight excluding hydrogens is 298 g/mol. The Morgan fingerprint density at radius 3 is 2.21 bits per heavy atom. The van der Waals surface area contributed by atoms with Crippen LogP contribution in [0.4, 0.5) is 0 Å². The Bertz CT molecular complexity index is 455. The van der Waals surface area contributed by atoms with E-state index >= 15 is 0 Å². The summed E-state index contributed by atoms with van der Waals surface area (Å²) in [4.78, 5) is 10.4. The molecule has 1 aromatic rings. The predicted octanol–water partition coefficient (Wildman–Crippen LogP) is 5.38. The van der Waals surface area contributed by atoms with Crippen molar-refractivity contribution < 1.29 is 9.90 Å². The zero-order valence-electron chi connectivity index (χ0n) is 15.7. The number of phenolic OH excluding ortho intramolecular Hbond substituents is 1. The fourth-order valence-electron chi connectivity index (χ4n) is 2.34. The molecule has 0 aromatic heterocycles. The van der Waals surface area contributed by atoms with Gasteiger partial charge in [-0.25, -0.2) is 0 Å². The lowest BCUT2D eigenvalue weighted by atomic mass is 10.0. The van der Waals surface area contributed by atoms with Crippen LogP contribution in [0.5, 0.6) is 5.75 Å². The van der Waals surface area contributed by atoms with Gasteiger partial charge in [0.25, 0.3) is 0 Å². The summed E-state index contributed by atoms with van der Waals surface area (Å²) in [6, 6.07) is 7.88. The van der Waals surface area contributed by atoms with Crippen molar-refractivity contribution >= 4 is 5.91 Å². The number of rotatable bonds is 10. The van der Waals surface area contributed by atoms with E-state index in [1.807, 2.05) is 32.0 Å². The van der Waals surface area contributed by atoms with E-state index < -0.39 is 0 Å². The second kappa shape index (κ2) is 14.8. The van der Waals surface area contributed by atoms with Gasteiger partial charge in [0, 0.05) is 6.04 Å². The summed E-state index contributed by atoms with van der Waals surface area (Å²) in [6.07, 6.45) is 11.6. The SMILES string of the molecule is C=CC(=O)NC(C)C.CCCCCCCCCc1ccccc1O. The molecule has 0 saturated carbocycles. The first-order valence-electron chi connectivity index (χ1n) is 9.21. The first kappa shape index (κ1) is 22.2. The molecule has 0 saturated heterocycles. The number of nitrogens with one attached hydrogen (secondary N) is 1. The van der Waals surface area contributed by atoms with E-state index in [4.69, 9.17) is 0 Å². The average Bonchev–Trinajstić information content (AvgIpc) is 2.55. The van der Waals surface area contributed by atoms with Crippen LogP contribution < -0.4 is 5.32 Å². The maximum absolute atomic E-state index is 10.4. The molecule has 0 bridgehead atoms. The van der Waals surface area contributed by atoms with Gasteiger partial charge in [-0.3, -0.25) is 4.79 Å². The molecule has 24 heavy (non-hydrogen) atoms. The molecule has 1 aromatic carbocycles. The average molecular weight is 334 g/mol. The van der Waals surface area contributed by atoms with Crippen molar-refractivity contribution in [2.45, 2.75) is 78.2 Å². The van der Waals surface area contributed by atoms with E-state index in [9.17, 15) is 9.90 Å². The van der Waals surface area contributed by atoms with Crippen molar-refractivity contribution in [1.29, 1.82) is 0 Å². The molecule has 1 amide bonds. The number of aromatic hydroxyl groups is 1. The number of amides is 1. The van der Waals surface area contributed by atoms with Crippen LogP contribution in [0.3, 0.4) is 0 Å². The number of carbonyl (C=O) groups excluding carboxylic acids is 1. The summed E-state index contributed by atoms with van der Waals surface area (Å²) in [5.41, 5.74) is 1.09. The van der Waals surface area contributed by atoms with Crippen LogP contribution in [0.15, 0.2) is 36.9 Å². The lowest BCUT2D eigenvalue weighted by Crippen LogP contribution is -2.27. The van der Waals surface area contributed by atoms with Gasteiger partial charge in [-0.2, -0.15) is 0 Å². The molecule has 2 N–H and O–H groups in total. The third-order valence-corrected chi connectivity index (χ3v) is 3.66. The Labute approximate surface area is 148 Å². The minimum Gasteiger partial charge on any atom is -0.508 e. The van der Waals surface area contributed by atoms with Gasteiger partial charge in [0.15, 0.2) is 0 Å². The Morgan fingerprint density at radius 2 is 1.71 bits per heavy atom.